The van der Waals surface area contributed by atoms with E-state index in [1.54, 1.807) is 19.9 Å². The fraction of sp³-hybridized carbons (Fsp3) is 0.280. The summed E-state index contributed by atoms with van der Waals surface area (Å²) in [5.74, 6) is -1.33. The molecule has 10 nitrogen and oxygen atoms in total. The summed E-state index contributed by atoms with van der Waals surface area (Å²) >= 11 is 0. The molecule has 1 aromatic carbocycles. The van der Waals surface area contributed by atoms with Gasteiger partial charge in [0.1, 0.15) is 17.5 Å². The van der Waals surface area contributed by atoms with Crippen LogP contribution >= 0.6 is 0 Å². The molecule has 35 heavy (non-hydrogen) atoms. The number of carbonyl (C=O) groups excluding carboxylic acids is 4. The van der Waals surface area contributed by atoms with Crippen molar-refractivity contribution < 1.29 is 33.1 Å². The first kappa shape index (κ1) is 23.8. The van der Waals surface area contributed by atoms with Crippen LogP contribution < -0.4 is 5.32 Å². The van der Waals surface area contributed by atoms with E-state index in [-0.39, 0.29) is 36.3 Å². The number of amides is 3. The number of esters is 2. The number of para-hydroxylation sites is 1. The fourth-order valence-corrected chi connectivity index (χ4v) is 4.15. The normalized spacial score (nSPS) is 15.5. The highest BCUT2D eigenvalue weighted by atomic mass is 16.5. The van der Waals surface area contributed by atoms with E-state index >= 15 is 0 Å². The second kappa shape index (κ2) is 9.49. The van der Waals surface area contributed by atoms with Gasteiger partial charge in [-0.3, -0.25) is 9.69 Å². The third kappa shape index (κ3) is 4.30. The Morgan fingerprint density at radius 1 is 1.17 bits per heavy atom. The number of nitrogens with zero attached hydrogens (tertiary/aromatic N) is 2. The Bertz CT molecular complexity index is 1360. The standard InChI is InChI=1S/C25H25N3O7/c1-5-34-23(30)15(3)28-14(2)18(17-8-6-7-9-20(17)28)12-19-22(29)27(25(32)26-19)13-16-10-11-21(35-16)24(31)33-4/h6-12,15H,5,13H2,1-4H3,(H,26,32). The number of urea groups is 1. The minimum atomic E-state index is -0.655. The van der Waals surface area contributed by atoms with Crippen LogP contribution in [-0.4, -0.2) is 47.1 Å². The minimum Gasteiger partial charge on any atom is -0.464 e. The molecule has 0 spiro atoms. The van der Waals surface area contributed by atoms with Gasteiger partial charge in [0, 0.05) is 22.2 Å². The zero-order chi connectivity index (χ0) is 25.3. The molecule has 1 saturated heterocycles. The molecule has 0 saturated carbocycles. The summed E-state index contributed by atoms with van der Waals surface area (Å²) in [5, 5.41) is 3.42. The average molecular weight is 479 g/mol. The summed E-state index contributed by atoms with van der Waals surface area (Å²) in [4.78, 5) is 50.7. The topological polar surface area (TPSA) is 120 Å². The van der Waals surface area contributed by atoms with Crippen LogP contribution in [0.5, 0.6) is 0 Å². The van der Waals surface area contributed by atoms with Gasteiger partial charge in [-0.2, -0.15) is 0 Å². The summed E-state index contributed by atoms with van der Waals surface area (Å²) in [6.45, 7) is 5.47. The molecule has 1 fully saturated rings. The van der Waals surface area contributed by atoms with Crippen molar-refractivity contribution in [3.63, 3.8) is 0 Å². The number of hydrogen-bond donors (Lipinski definition) is 1. The number of imide groups is 1. The van der Waals surface area contributed by atoms with Gasteiger partial charge in [0.05, 0.1) is 20.3 Å². The minimum absolute atomic E-state index is 0.0236. The Morgan fingerprint density at radius 3 is 2.63 bits per heavy atom. The monoisotopic (exact) mass is 479 g/mol. The maximum atomic E-state index is 13.1. The Hall–Kier alpha value is -4.34. The van der Waals surface area contributed by atoms with E-state index in [2.05, 4.69) is 10.1 Å². The van der Waals surface area contributed by atoms with E-state index in [1.807, 2.05) is 35.8 Å². The highest BCUT2D eigenvalue weighted by molar-refractivity contribution is 6.14. The smallest absolute Gasteiger partial charge is 0.373 e. The molecule has 4 rings (SSSR count). The molecule has 3 aromatic rings. The molecule has 0 aliphatic carbocycles. The van der Waals surface area contributed by atoms with Crippen molar-refractivity contribution in [2.24, 2.45) is 0 Å². The third-order valence-corrected chi connectivity index (χ3v) is 5.83. The third-order valence-electron chi connectivity index (χ3n) is 5.83. The van der Waals surface area contributed by atoms with Crippen molar-refractivity contribution in [3.05, 3.63) is 64.9 Å². The number of fused-ring (bicyclic) bond motifs is 1. The van der Waals surface area contributed by atoms with Crippen molar-refractivity contribution in [2.75, 3.05) is 13.7 Å². The van der Waals surface area contributed by atoms with Gasteiger partial charge >= 0.3 is 18.0 Å². The van der Waals surface area contributed by atoms with E-state index in [4.69, 9.17) is 9.15 Å². The zero-order valence-electron chi connectivity index (χ0n) is 19.8. The van der Waals surface area contributed by atoms with Crippen molar-refractivity contribution in [1.29, 1.82) is 0 Å². The highest BCUT2D eigenvalue weighted by Gasteiger charge is 2.35. The molecule has 3 heterocycles. The van der Waals surface area contributed by atoms with Crippen LogP contribution in [0.15, 0.2) is 46.5 Å². The molecule has 3 amide bonds. The summed E-state index contributed by atoms with van der Waals surface area (Å²) in [5.41, 5.74) is 2.34. The highest BCUT2D eigenvalue weighted by Crippen LogP contribution is 2.32. The SMILES string of the molecule is CCOC(=O)C(C)n1c(C)c(C=C2NC(=O)N(Cc3ccc(C(=O)OC)o3)C2=O)c2ccccc21. The van der Waals surface area contributed by atoms with Gasteiger partial charge in [-0.1, -0.05) is 18.2 Å². The van der Waals surface area contributed by atoms with Crippen LogP contribution in [-0.2, 0) is 25.6 Å². The van der Waals surface area contributed by atoms with Gasteiger partial charge < -0.3 is 23.8 Å². The first-order chi connectivity index (χ1) is 16.8. The quantitative estimate of drug-likeness (QED) is 0.313. The predicted molar refractivity (Wildman–Crippen MR) is 125 cm³/mol. The lowest BCUT2D eigenvalue weighted by Gasteiger charge is -2.16. The molecule has 10 heteroatoms. The van der Waals surface area contributed by atoms with E-state index in [0.717, 1.165) is 21.5 Å². The summed E-state index contributed by atoms with van der Waals surface area (Å²) in [7, 11) is 1.23. The molecular formula is C25H25N3O7. The summed E-state index contributed by atoms with van der Waals surface area (Å²) in [6.07, 6.45) is 1.61. The van der Waals surface area contributed by atoms with E-state index in [0.29, 0.717) is 5.56 Å². The first-order valence-corrected chi connectivity index (χ1v) is 11.0. The molecule has 1 atom stereocenters. The van der Waals surface area contributed by atoms with Crippen LogP contribution in [0.1, 0.15) is 47.5 Å². The van der Waals surface area contributed by atoms with Crippen molar-refractivity contribution >= 4 is 40.9 Å². The van der Waals surface area contributed by atoms with Gasteiger partial charge in [-0.25, -0.2) is 14.4 Å². The zero-order valence-corrected chi connectivity index (χ0v) is 19.8. The molecular weight excluding hydrogens is 454 g/mol. The van der Waals surface area contributed by atoms with Crippen LogP contribution in [0, 0.1) is 6.92 Å². The molecule has 1 aliphatic rings. The molecule has 2 aromatic heterocycles. The number of methoxy groups -OCH3 is 1. The van der Waals surface area contributed by atoms with E-state index in [9.17, 15) is 19.2 Å². The lowest BCUT2D eigenvalue weighted by molar-refractivity contribution is -0.146. The van der Waals surface area contributed by atoms with E-state index in [1.165, 1.54) is 19.2 Å². The maximum absolute atomic E-state index is 13.1. The molecule has 0 radical (unpaired) electrons. The predicted octanol–water partition coefficient (Wildman–Crippen LogP) is 3.55. The Balaban J connectivity index is 1.67. The largest absolute Gasteiger partial charge is 0.464 e. The van der Waals surface area contributed by atoms with Crippen LogP contribution in [0.25, 0.3) is 17.0 Å². The van der Waals surface area contributed by atoms with E-state index < -0.39 is 23.9 Å². The number of hydrogen-bond acceptors (Lipinski definition) is 7. The number of rotatable bonds is 7. The van der Waals surface area contributed by atoms with Crippen molar-refractivity contribution in [2.45, 2.75) is 33.4 Å². The Morgan fingerprint density at radius 2 is 1.91 bits per heavy atom. The first-order valence-electron chi connectivity index (χ1n) is 11.0. The summed E-state index contributed by atoms with van der Waals surface area (Å²) < 4.78 is 17.0. The van der Waals surface area contributed by atoms with Gasteiger partial charge in [0.25, 0.3) is 5.91 Å². The van der Waals surface area contributed by atoms with Gasteiger partial charge in [0.2, 0.25) is 5.76 Å². The number of nitrogens with one attached hydrogen (secondary N) is 1. The second-order valence-corrected chi connectivity index (χ2v) is 7.95. The van der Waals surface area contributed by atoms with Crippen LogP contribution in [0.4, 0.5) is 4.79 Å². The van der Waals surface area contributed by atoms with Crippen molar-refractivity contribution in [3.8, 4) is 0 Å². The molecule has 0 bridgehead atoms. The molecule has 1 aliphatic heterocycles. The van der Waals surface area contributed by atoms with Gasteiger partial charge in [-0.05, 0) is 45.0 Å². The van der Waals surface area contributed by atoms with Gasteiger partial charge in [-0.15, -0.1) is 0 Å². The van der Waals surface area contributed by atoms with Gasteiger partial charge in [0.15, 0.2) is 0 Å². The fourth-order valence-electron chi connectivity index (χ4n) is 4.15. The average Bonchev–Trinajstić information content (AvgIpc) is 3.50. The molecule has 1 unspecified atom stereocenters. The maximum Gasteiger partial charge on any atom is 0.373 e. The number of benzene rings is 1. The lowest BCUT2D eigenvalue weighted by Crippen LogP contribution is -2.30. The Kier molecular flexibility index (Phi) is 6.46. The number of furan rings is 1. The molecule has 182 valence electrons. The number of ether oxygens (including phenoxy) is 2. The van der Waals surface area contributed by atoms with Crippen molar-refractivity contribution in [1.82, 2.24) is 14.8 Å². The van der Waals surface area contributed by atoms with Crippen LogP contribution in [0.3, 0.4) is 0 Å². The molecule has 1 N–H and O–H groups in total. The lowest BCUT2D eigenvalue weighted by atomic mass is 10.1. The number of aromatic nitrogens is 1. The number of carbonyl (C=O) groups is 4. The summed E-state index contributed by atoms with van der Waals surface area (Å²) in [6, 6.07) is 9.22. The van der Waals surface area contributed by atoms with Crippen LogP contribution in [0.2, 0.25) is 0 Å². The Labute approximate surface area is 201 Å². The second-order valence-electron chi connectivity index (χ2n) is 7.95.